The number of rotatable bonds is 31. The first-order valence-electron chi connectivity index (χ1n) is 37.6. The van der Waals surface area contributed by atoms with Gasteiger partial charge in [-0.2, -0.15) is 0 Å². The highest BCUT2D eigenvalue weighted by atomic mass is 16.8. The Hall–Kier alpha value is -4.78. The largest absolute Gasteiger partial charge is 0.394 e. The number of amides is 6. The van der Waals surface area contributed by atoms with Crippen molar-refractivity contribution in [1.82, 2.24) is 31.9 Å². The molecule has 9 rings (SSSR count). The number of nitrogens with one attached hydrogen (secondary N) is 6. The fourth-order valence-corrected chi connectivity index (χ4v) is 15.2. The molecule has 0 saturated carbocycles. The van der Waals surface area contributed by atoms with E-state index in [9.17, 15) is 146 Å². The lowest BCUT2D eigenvalue weighted by Gasteiger charge is -2.52. The third-order valence-corrected chi connectivity index (χ3v) is 21.1. The molecule has 118 heavy (non-hydrogen) atoms. The molecule has 52 heteroatoms. The Labute approximate surface area is 669 Å². The monoisotopic (exact) mass is 1720 g/mol. The molecule has 9 heterocycles. The van der Waals surface area contributed by atoms with E-state index in [-0.39, 0.29) is 0 Å². The highest BCUT2D eigenvalue weighted by molar-refractivity contribution is 5.75. The number of aliphatic hydroxyl groups excluding tert-OH is 23. The van der Waals surface area contributed by atoms with Gasteiger partial charge in [0.05, 0.1) is 59.5 Å². The maximum Gasteiger partial charge on any atom is 0.217 e. The smallest absolute Gasteiger partial charge is 0.217 e. The van der Waals surface area contributed by atoms with Gasteiger partial charge in [-0.1, -0.05) is 0 Å². The van der Waals surface area contributed by atoms with E-state index in [2.05, 4.69) is 31.9 Å². The zero-order valence-electron chi connectivity index (χ0n) is 64.0. The van der Waals surface area contributed by atoms with E-state index in [1.54, 1.807) is 0 Å². The average Bonchev–Trinajstić information content (AvgIpc) is 0.650. The van der Waals surface area contributed by atoms with E-state index in [0.29, 0.717) is 0 Å². The third kappa shape index (κ3) is 22.1. The van der Waals surface area contributed by atoms with Gasteiger partial charge in [0.2, 0.25) is 35.4 Å². The maximum absolute atomic E-state index is 13.4. The summed E-state index contributed by atoms with van der Waals surface area (Å²) in [6, 6.07) is -11.2. The molecule has 45 atom stereocenters. The summed E-state index contributed by atoms with van der Waals surface area (Å²) >= 11 is 0. The number of hydrogen-bond acceptors (Lipinski definition) is 46. The van der Waals surface area contributed by atoms with Crippen LogP contribution in [0.25, 0.3) is 0 Å². The first-order valence-corrected chi connectivity index (χ1v) is 37.6. The molecule has 0 radical (unpaired) electrons. The summed E-state index contributed by atoms with van der Waals surface area (Å²) in [6.45, 7) is -4.49. The minimum atomic E-state index is -2.77. The first-order chi connectivity index (χ1) is 55.8. The normalized spacial score (nSPS) is 46.9. The Balaban J connectivity index is 1.21. The van der Waals surface area contributed by atoms with Crippen LogP contribution in [-0.4, -0.2) is 488 Å². The second kappa shape index (κ2) is 42.7. The lowest BCUT2D eigenvalue weighted by atomic mass is 9.93. The predicted molar refractivity (Wildman–Crippen MR) is 367 cm³/mol. The molecule has 9 saturated heterocycles. The molecule has 52 nitrogen and oxygen atoms in total. The maximum atomic E-state index is 13.4. The Bertz CT molecular complexity index is 3230. The van der Waals surface area contributed by atoms with Crippen molar-refractivity contribution in [3.05, 3.63) is 0 Å². The molecule has 0 aromatic rings. The van der Waals surface area contributed by atoms with Crippen LogP contribution >= 0.6 is 0 Å². The van der Waals surface area contributed by atoms with Gasteiger partial charge in [-0.15, -0.1) is 0 Å². The molecule has 6 amide bonds. The van der Waals surface area contributed by atoms with E-state index < -0.39 is 371 Å². The highest BCUT2D eigenvalue weighted by Gasteiger charge is 2.62. The van der Waals surface area contributed by atoms with Crippen LogP contribution in [0.2, 0.25) is 0 Å². The summed E-state index contributed by atoms with van der Waals surface area (Å²) in [5.74, 6) is -5.49. The van der Waals surface area contributed by atoms with Gasteiger partial charge in [0.1, 0.15) is 219 Å². The van der Waals surface area contributed by atoms with Gasteiger partial charge in [-0.05, 0) is 0 Å². The van der Waals surface area contributed by atoms with Crippen LogP contribution in [0.3, 0.4) is 0 Å². The van der Waals surface area contributed by atoms with Crippen LogP contribution in [0.15, 0.2) is 0 Å². The average molecular weight is 1720 g/mol. The fourth-order valence-electron chi connectivity index (χ4n) is 15.2. The molecular formula is C66H110N6O46. The van der Waals surface area contributed by atoms with Crippen molar-refractivity contribution in [2.24, 2.45) is 0 Å². The number of aliphatic hydroxyl groups is 23. The van der Waals surface area contributed by atoms with E-state index in [1.165, 1.54) is 0 Å². The molecule has 680 valence electrons. The second-order valence-corrected chi connectivity index (χ2v) is 29.7. The van der Waals surface area contributed by atoms with Crippen molar-refractivity contribution >= 4 is 35.4 Å². The summed E-state index contributed by atoms with van der Waals surface area (Å²) in [6.07, 6.45) is -84.3. The zero-order valence-corrected chi connectivity index (χ0v) is 64.0. The third-order valence-electron chi connectivity index (χ3n) is 21.1. The molecule has 0 aromatic carbocycles. The molecule has 9 fully saturated rings. The highest BCUT2D eigenvalue weighted by Crippen LogP contribution is 2.41. The van der Waals surface area contributed by atoms with Crippen LogP contribution in [0.5, 0.6) is 0 Å². The molecule has 1 unspecified atom stereocenters. The lowest BCUT2D eigenvalue weighted by Crippen LogP contribution is -2.71. The van der Waals surface area contributed by atoms with E-state index in [0.717, 1.165) is 41.5 Å². The zero-order chi connectivity index (χ0) is 87.1. The summed E-state index contributed by atoms with van der Waals surface area (Å²) in [5, 5.41) is 274. The molecule has 0 bridgehead atoms. The molecule has 0 aromatic heterocycles. The molecule has 9 aliphatic heterocycles. The quantitative estimate of drug-likeness (QED) is 0.0306. The van der Waals surface area contributed by atoms with Crippen LogP contribution < -0.4 is 31.9 Å². The van der Waals surface area contributed by atoms with Crippen molar-refractivity contribution in [1.29, 1.82) is 0 Å². The Morgan fingerprint density at radius 2 is 0.466 bits per heavy atom. The van der Waals surface area contributed by atoms with Crippen molar-refractivity contribution in [3.8, 4) is 0 Å². The van der Waals surface area contributed by atoms with Gasteiger partial charge < -0.3 is 230 Å². The van der Waals surface area contributed by atoms with E-state index in [1.807, 2.05) is 0 Å². The molecule has 0 aliphatic carbocycles. The SMILES string of the molecule is CC(=O)N[C@H]1[C@H](O[C@H]2[C@H](O)[C@@H](NC(C)=O)C(O)O[C@@H]2CO)O[C@H](CO)[C@@H](O[C@@H]2O[C@H](CO[C@H]3O[C@H](CO)[C@@H](O)[C@H](O)[C@@H]3O[C@@H]3O[C@H](CO)[C@@H](O)[C@H](O)[C@H]3NC(C)=O)[C@@H](O[C@@H]3O[C@H](CO)[C@@H](O)[C@H](O)[C@H]3NC(C)=O)[C@H](O[C@H]3O[C@H](CO[C@@H]4O[C@H](CO)[C@@H](O)[C@H](O)[C@H]4NC(C)=O)[C@@H](O)[C@H](O)[C@@H]3O[C@@H]3O[C@H](CO)[C@@H](O)[C@H](O)[C@H]3NC(C)=O)[C@@H]2O)[C@@H]1O. The Kier molecular flexibility index (Phi) is 35.1. The van der Waals surface area contributed by atoms with Crippen molar-refractivity contribution < 1.29 is 227 Å². The number of carbonyl (C=O) groups excluding carboxylic acids is 6. The van der Waals surface area contributed by atoms with Crippen molar-refractivity contribution in [3.63, 3.8) is 0 Å². The van der Waals surface area contributed by atoms with E-state index in [4.69, 9.17) is 80.5 Å². The van der Waals surface area contributed by atoms with Crippen molar-refractivity contribution in [2.75, 3.05) is 59.5 Å². The minimum Gasteiger partial charge on any atom is -0.394 e. The Morgan fingerprint density at radius 1 is 0.220 bits per heavy atom. The summed E-state index contributed by atoms with van der Waals surface area (Å²) in [4.78, 5) is 76.7. The minimum absolute atomic E-state index is 0.814. The fraction of sp³-hybridized carbons (Fsp3) is 0.909. The van der Waals surface area contributed by atoms with Crippen molar-refractivity contribution in [2.45, 2.75) is 318 Å². The molecule has 0 spiro atoms. The summed E-state index contributed by atoms with van der Waals surface area (Å²) in [5.41, 5.74) is 0. The van der Waals surface area contributed by atoms with Crippen LogP contribution in [0.1, 0.15) is 41.5 Å². The molecule has 9 aliphatic rings. The van der Waals surface area contributed by atoms with E-state index >= 15 is 0 Å². The lowest BCUT2D eigenvalue weighted by molar-refractivity contribution is -0.408. The van der Waals surface area contributed by atoms with Crippen LogP contribution in [0.4, 0.5) is 0 Å². The number of carbonyl (C=O) groups is 6. The summed E-state index contributed by atoms with van der Waals surface area (Å²) in [7, 11) is 0. The number of ether oxygens (including phenoxy) is 17. The van der Waals surface area contributed by atoms with Crippen LogP contribution in [-0.2, 0) is 109 Å². The van der Waals surface area contributed by atoms with Crippen LogP contribution in [0, 0.1) is 0 Å². The first kappa shape index (κ1) is 97.0. The Morgan fingerprint density at radius 3 is 0.856 bits per heavy atom. The van der Waals surface area contributed by atoms with Gasteiger partial charge >= 0.3 is 0 Å². The van der Waals surface area contributed by atoms with Gasteiger partial charge in [0.25, 0.3) is 0 Å². The van der Waals surface area contributed by atoms with Gasteiger partial charge in [-0.25, -0.2) is 0 Å². The second-order valence-electron chi connectivity index (χ2n) is 29.7. The topological polar surface area (TPSA) is 797 Å². The van der Waals surface area contributed by atoms with Gasteiger partial charge in [0, 0.05) is 41.5 Å². The molecular weight excluding hydrogens is 1610 g/mol. The number of hydrogen-bond donors (Lipinski definition) is 29. The summed E-state index contributed by atoms with van der Waals surface area (Å²) < 4.78 is 104. The van der Waals surface area contributed by atoms with Gasteiger partial charge in [0.15, 0.2) is 56.6 Å². The standard InChI is InChI=1S/C66H110N6O46/c1-16(80)67-31-47(96)52(27(12-78)104-58(31)101)113-63-36(72-21(6)85)48(97)53(28(13-79)110-63)114-64-51(100)55(116-66-57(118-62-35(71-20(5)84)46(95)40(89)25(10-76)108-62)50(99)42(91)29(111-66)14-102-59-32(68-17(2)81)43(92)37(86)22(7-73)105-59)54(115-60-33(69-18(3)82)44(93)38(87)23(8-74)106-60)30(112-64)15-103-65-56(49(98)41(90)26(11-77)109-65)117-61-34(70-19(4)83)45(94)39(88)24(9-75)107-61/h22-66,73-79,86-101H,7-15H2,1-6H3,(H,67,80)(H,68,81)(H,69,82)(H,70,83)(H,71,84)(H,72,85)/t22-,23-,24-,25-,26-,27-,28-,29-,30-,31-,32-,33-,34-,35-,36-,37-,38-,39-,40-,41-,42-,43-,44-,45-,46-,47-,48-,49+,50+,51+,52-,53-,54-,55-,56+,57+,58?,59-,60+,61+,62+,63+,64+,65+,66-/m1/s1. The van der Waals surface area contributed by atoms with Gasteiger partial charge in [-0.3, -0.25) is 28.8 Å². The molecule has 29 N–H and O–H groups in total. The predicted octanol–water partition coefficient (Wildman–Crippen LogP) is -19.8.